The smallest absolute Gasteiger partial charge is 0.0551 e. The summed E-state index contributed by atoms with van der Waals surface area (Å²) in [6.45, 7) is 4.63. The number of anilines is 1. The van der Waals surface area contributed by atoms with Crippen molar-refractivity contribution in [3.8, 4) is 0 Å². The van der Waals surface area contributed by atoms with Crippen LogP contribution in [-0.4, -0.2) is 24.3 Å². The minimum atomic E-state index is 0.491. The third-order valence-corrected chi connectivity index (χ3v) is 4.20. The molecule has 1 atom stereocenters. The lowest BCUT2D eigenvalue weighted by Gasteiger charge is -2.29. The van der Waals surface area contributed by atoms with Gasteiger partial charge in [0.15, 0.2) is 0 Å². The van der Waals surface area contributed by atoms with Crippen LogP contribution in [0.15, 0.2) is 18.3 Å². The quantitative estimate of drug-likeness (QED) is 0.799. The van der Waals surface area contributed by atoms with Gasteiger partial charge in [-0.1, -0.05) is 0 Å². The first kappa shape index (κ1) is 11.8. The van der Waals surface area contributed by atoms with E-state index in [2.05, 4.69) is 35.2 Å². The van der Waals surface area contributed by atoms with Gasteiger partial charge in [0.25, 0.3) is 0 Å². The summed E-state index contributed by atoms with van der Waals surface area (Å²) in [4.78, 5) is 6.95. The van der Waals surface area contributed by atoms with Gasteiger partial charge in [0.1, 0.15) is 0 Å². The first-order valence-corrected chi connectivity index (χ1v) is 7.34. The van der Waals surface area contributed by atoms with Crippen LogP contribution in [0.3, 0.4) is 0 Å². The molecule has 2 rings (SSSR count). The van der Waals surface area contributed by atoms with E-state index in [1.165, 1.54) is 43.7 Å². The Morgan fingerprint density at radius 3 is 2.75 bits per heavy atom. The number of nitrogens with zero attached hydrogens (tertiary/aromatic N) is 2. The maximum atomic E-state index is 4.46. The standard InChI is InChI=1S/C13H20N2S/c1-11(16-2)13-10-12(6-7-14-13)15-8-4-3-5-9-15/h6-7,10-11H,3-5,8-9H2,1-2H3. The molecule has 88 valence electrons. The minimum absolute atomic E-state index is 0.491. The van der Waals surface area contributed by atoms with Crippen LogP contribution in [0.4, 0.5) is 5.69 Å². The lowest BCUT2D eigenvalue weighted by molar-refractivity contribution is 0.577. The molecule has 2 heterocycles. The first-order valence-electron chi connectivity index (χ1n) is 6.05. The van der Waals surface area contributed by atoms with E-state index in [4.69, 9.17) is 0 Å². The molecule has 0 radical (unpaired) electrons. The van der Waals surface area contributed by atoms with E-state index in [1.807, 2.05) is 18.0 Å². The van der Waals surface area contributed by atoms with Crippen molar-refractivity contribution in [2.45, 2.75) is 31.4 Å². The summed E-state index contributed by atoms with van der Waals surface area (Å²) in [5.74, 6) is 0. The molecule has 16 heavy (non-hydrogen) atoms. The zero-order valence-electron chi connectivity index (χ0n) is 10.1. The van der Waals surface area contributed by atoms with E-state index in [1.54, 1.807) is 0 Å². The molecule has 0 bridgehead atoms. The van der Waals surface area contributed by atoms with Crippen LogP contribution in [0.2, 0.25) is 0 Å². The molecule has 1 fully saturated rings. The van der Waals surface area contributed by atoms with Crippen LogP contribution < -0.4 is 4.90 Å². The lowest BCUT2D eigenvalue weighted by Crippen LogP contribution is -2.29. The van der Waals surface area contributed by atoms with Crippen molar-refractivity contribution >= 4 is 17.4 Å². The van der Waals surface area contributed by atoms with Crippen molar-refractivity contribution in [3.05, 3.63) is 24.0 Å². The number of hydrogen-bond acceptors (Lipinski definition) is 3. The maximum Gasteiger partial charge on any atom is 0.0551 e. The lowest BCUT2D eigenvalue weighted by atomic mass is 10.1. The Bertz CT molecular complexity index is 334. The fourth-order valence-corrected chi connectivity index (χ4v) is 2.50. The predicted octanol–water partition coefficient (Wildman–Crippen LogP) is 3.50. The average molecular weight is 236 g/mol. The van der Waals surface area contributed by atoms with Crippen molar-refractivity contribution < 1.29 is 0 Å². The molecular weight excluding hydrogens is 216 g/mol. The molecule has 1 aliphatic rings. The summed E-state index contributed by atoms with van der Waals surface area (Å²) in [5, 5.41) is 0.491. The number of pyridine rings is 1. The summed E-state index contributed by atoms with van der Waals surface area (Å²) in [6, 6.07) is 4.40. The number of thioether (sulfide) groups is 1. The van der Waals surface area contributed by atoms with Gasteiger partial charge in [0, 0.05) is 30.2 Å². The van der Waals surface area contributed by atoms with Crippen LogP contribution in [0.25, 0.3) is 0 Å². The average Bonchev–Trinajstić information content (AvgIpc) is 2.39. The molecule has 1 aliphatic heterocycles. The molecule has 0 aromatic carbocycles. The van der Waals surface area contributed by atoms with Gasteiger partial charge >= 0.3 is 0 Å². The van der Waals surface area contributed by atoms with Crippen LogP contribution in [0, 0.1) is 0 Å². The van der Waals surface area contributed by atoms with Crippen LogP contribution in [-0.2, 0) is 0 Å². The van der Waals surface area contributed by atoms with Gasteiger partial charge in [-0.3, -0.25) is 4.98 Å². The summed E-state index contributed by atoms with van der Waals surface area (Å²) in [5.41, 5.74) is 2.56. The summed E-state index contributed by atoms with van der Waals surface area (Å²) < 4.78 is 0. The SMILES string of the molecule is CSC(C)c1cc(N2CCCCC2)ccn1. The van der Waals surface area contributed by atoms with E-state index in [0.29, 0.717) is 5.25 Å². The normalized spacial score (nSPS) is 18.5. The Morgan fingerprint density at radius 1 is 1.31 bits per heavy atom. The first-order chi connectivity index (χ1) is 7.81. The highest BCUT2D eigenvalue weighted by Gasteiger charge is 2.12. The van der Waals surface area contributed by atoms with Crippen molar-refractivity contribution in [1.29, 1.82) is 0 Å². The molecule has 0 saturated carbocycles. The van der Waals surface area contributed by atoms with Crippen molar-refractivity contribution in [2.24, 2.45) is 0 Å². The van der Waals surface area contributed by atoms with Gasteiger partial charge in [-0.25, -0.2) is 0 Å². The van der Waals surface area contributed by atoms with E-state index in [-0.39, 0.29) is 0 Å². The fourth-order valence-electron chi connectivity index (χ4n) is 2.13. The van der Waals surface area contributed by atoms with E-state index < -0.39 is 0 Å². The summed E-state index contributed by atoms with van der Waals surface area (Å²) >= 11 is 1.85. The van der Waals surface area contributed by atoms with Gasteiger partial charge in [0.05, 0.1) is 5.69 Å². The minimum Gasteiger partial charge on any atom is -0.371 e. The predicted molar refractivity (Wildman–Crippen MR) is 72.2 cm³/mol. The molecule has 1 aromatic rings. The molecule has 0 amide bonds. The second kappa shape index (κ2) is 5.58. The van der Waals surface area contributed by atoms with Gasteiger partial charge in [-0.05, 0) is 44.6 Å². The third kappa shape index (κ3) is 2.70. The Hall–Kier alpha value is -0.700. The molecule has 1 saturated heterocycles. The Balaban J connectivity index is 2.14. The van der Waals surface area contributed by atoms with Gasteiger partial charge < -0.3 is 4.90 Å². The molecule has 2 nitrogen and oxygen atoms in total. The highest BCUT2D eigenvalue weighted by Crippen LogP contribution is 2.27. The summed E-state index contributed by atoms with van der Waals surface area (Å²) in [6.07, 6.45) is 8.13. The highest BCUT2D eigenvalue weighted by atomic mass is 32.2. The van der Waals surface area contributed by atoms with Gasteiger partial charge in [-0.2, -0.15) is 11.8 Å². The van der Waals surface area contributed by atoms with E-state index >= 15 is 0 Å². The molecule has 0 spiro atoms. The van der Waals surface area contributed by atoms with E-state index in [0.717, 1.165) is 0 Å². The Morgan fingerprint density at radius 2 is 2.06 bits per heavy atom. The fraction of sp³-hybridized carbons (Fsp3) is 0.615. The topological polar surface area (TPSA) is 16.1 Å². The van der Waals surface area contributed by atoms with Gasteiger partial charge in [0.2, 0.25) is 0 Å². The molecule has 0 N–H and O–H groups in total. The largest absolute Gasteiger partial charge is 0.371 e. The monoisotopic (exact) mass is 236 g/mol. The third-order valence-electron chi connectivity index (χ3n) is 3.26. The zero-order valence-corrected chi connectivity index (χ0v) is 11.0. The maximum absolute atomic E-state index is 4.46. The molecular formula is C13H20N2S. The zero-order chi connectivity index (χ0) is 11.4. The molecule has 1 aromatic heterocycles. The summed E-state index contributed by atoms with van der Waals surface area (Å²) in [7, 11) is 0. The molecule has 3 heteroatoms. The van der Waals surface area contributed by atoms with Gasteiger partial charge in [-0.15, -0.1) is 0 Å². The molecule has 1 unspecified atom stereocenters. The van der Waals surface area contributed by atoms with Crippen LogP contribution in [0.5, 0.6) is 0 Å². The number of rotatable bonds is 3. The number of aromatic nitrogens is 1. The second-order valence-corrected chi connectivity index (χ2v) is 5.54. The highest BCUT2D eigenvalue weighted by molar-refractivity contribution is 7.98. The van der Waals surface area contributed by atoms with Crippen molar-refractivity contribution in [1.82, 2.24) is 4.98 Å². The van der Waals surface area contributed by atoms with E-state index in [9.17, 15) is 0 Å². The second-order valence-electron chi connectivity index (χ2n) is 4.36. The van der Waals surface area contributed by atoms with Crippen LogP contribution >= 0.6 is 11.8 Å². The molecule has 0 aliphatic carbocycles. The van der Waals surface area contributed by atoms with Crippen molar-refractivity contribution in [3.63, 3.8) is 0 Å². The number of piperidine rings is 1. The Labute approximate surface area is 102 Å². The number of hydrogen-bond donors (Lipinski definition) is 0. The Kier molecular flexibility index (Phi) is 4.10. The van der Waals surface area contributed by atoms with Crippen LogP contribution in [0.1, 0.15) is 37.1 Å². The van der Waals surface area contributed by atoms with Crippen molar-refractivity contribution in [2.75, 3.05) is 24.2 Å².